The molecule has 0 saturated heterocycles. The molecule has 0 unspecified atom stereocenters. The maximum Gasteiger partial charge on any atom is 0.243 e. The predicted octanol–water partition coefficient (Wildman–Crippen LogP) is 2.70. The molecule has 0 amide bonds. The minimum Gasteiger partial charge on any atom is -0.486 e. The van der Waals surface area contributed by atoms with E-state index in [9.17, 15) is 0 Å². The Balaban J connectivity index is 1.79. The smallest absolute Gasteiger partial charge is 0.243 e. The van der Waals surface area contributed by atoms with E-state index in [4.69, 9.17) is 9.47 Å². The van der Waals surface area contributed by atoms with Crippen LogP contribution in [0.1, 0.15) is 23.9 Å². The van der Waals surface area contributed by atoms with Crippen molar-refractivity contribution in [1.29, 1.82) is 0 Å². The largest absolute Gasteiger partial charge is 0.486 e. The Morgan fingerprint density at radius 1 is 1.05 bits per heavy atom. The van der Waals surface area contributed by atoms with Crippen molar-refractivity contribution < 1.29 is 9.47 Å². The Bertz CT molecular complexity index is 708. The standard InChI is InChI=1S/C16H18N4O2/c1-10-8-11(2)18-16(17-10)20-19-12(3)13-4-5-14-15(9-13)22-7-6-21-14/h4-5,8-9H,6-7H2,1-3H3,(H,17,18,20)/b19-12-. The first-order valence-electron chi connectivity index (χ1n) is 7.14. The van der Waals surface area contributed by atoms with Crippen molar-refractivity contribution in [1.82, 2.24) is 9.97 Å². The highest BCUT2D eigenvalue weighted by molar-refractivity contribution is 5.99. The van der Waals surface area contributed by atoms with Gasteiger partial charge in [-0.3, -0.25) is 0 Å². The number of ether oxygens (including phenoxy) is 2. The molecule has 0 fully saturated rings. The van der Waals surface area contributed by atoms with Crippen molar-refractivity contribution in [2.24, 2.45) is 5.10 Å². The maximum absolute atomic E-state index is 5.58. The Labute approximate surface area is 129 Å². The van der Waals surface area contributed by atoms with Crippen molar-refractivity contribution >= 4 is 11.7 Å². The highest BCUT2D eigenvalue weighted by Crippen LogP contribution is 2.30. The lowest BCUT2D eigenvalue weighted by atomic mass is 10.1. The molecule has 6 nitrogen and oxygen atoms in total. The highest BCUT2D eigenvalue weighted by Gasteiger charge is 2.12. The van der Waals surface area contributed by atoms with Crippen LogP contribution in [-0.2, 0) is 0 Å². The summed E-state index contributed by atoms with van der Waals surface area (Å²) in [6.07, 6.45) is 0. The number of hydrogen-bond acceptors (Lipinski definition) is 6. The second-order valence-electron chi connectivity index (χ2n) is 5.14. The van der Waals surface area contributed by atoms with E-state index < -0.39 is 0 Å². The maximum atomic E-state index is 5.58. The number of nitrogens with one attached hydrogen (secondary N) is 1. The third-order valence-electron chi connectivity index (χ3n) is 3.27. The van der Waals surface area contributed by atoms with Gasteiger partial charge in [0.2, 0.25) is 5.95 Å². The number of fused-ring (bicyclic) bond motifs is 1. The molecule has 1 aromatic heterocycles. The Hall–Kier alpha value is -2.63. The quantitative estimate of drug-likeness (QED) is 0.697. The molecule has 1 aromatic carbocycles. The molecule has 6 heteroatoms. The number of aryl methyl sites for hydroxylation is 2. The zero-order valence-corrected chi connectivity index (χ0v) is 12.9. The Morgan fingerprint density at radius 3 is 2.45 bits per heavy atom. The summed E-state index contributed by atoms with van der Waals surface area (Å²) in [4.78, 5) is 8.59. The van der Waals surface area contributed by atoms with Crippen molar-refractivity contribution in [3.63, 3.8) is 0 Å². The fraction of sp³-hybridized carbons (Fsp3) is 0.312. The molecular formula is C16H18N4O2. The van der Waals surface area contributed by atoms with Gasteiger partial charge in [0.15, 0.2) is 11.5 Å². The van der Waals surface area contributed by atoms with Gasteiger partial charge in [0.05, 0.1) is 5.71 Å². The summed E-state index contributed by atoms with van der Waals surface area (Å²) < 4.78 is 11.1. The lowest BCUT2D eigenvalue weighted by Gasteiger charge is -2.18. The lowest BCUT2D eigenvalue weighted by molar-refractivity contribution is 0.171. The molecular weight excluding hydrogens is 280 g/mol. The minimum atomic E-state index is 0.495. The first-order chi connectivity index (χ1) is 10.6. The number of hydrazone groups is 1. The van der Waals surface area contributed by atoms with Crippen LogP contribution in [0.15, 0.2) is 29.4 Å². The van der Waals surface area contributed by atoms with E-state index >= 15 is 0 Å². The van der Waals surface area contributed by atoms with Crippen LogP contribution in [0.3, 0.4) is 0 Å². The lowest BCUT2D eigenvalue weighted by Crippen LogP contribution is -2.15. The van der Waals surface area contributed by atoms with Gasteiger partial charge in [-0.2, -0.15) is 5.10 Å². The van der Waals surface area contributed by atoms with Gasteiger partial charge in [0, 0.05) is 17.0 Å². The fourth-order valence-electron chi connectivity index (χ4n) is 2.24. The molecule has 0 saturated carbocycles. The van der Waals surface area contributed by atoms with E-state index in [1.807, 2.05) is 45.0 Å². The Kier molecular flexibility index (Phi) is 3.91. The summed E-state index contributed by atoms with van der Waals surface area (Å²) in [5.41, 5.74) is 6.49. The molecule has 3 rings (SSSR count). The molecule has 0 atom stereocenters. The van der Waals surface area contributed by atoms with Crippen LogP contribution >= 0.6 is 0 Å². The van der Waals surface area contributed by atoms with Gasteiger partial charge < -0.3 is 9.47 Å². The zero-order valence-electron chi connectivity index (χ0n) is 12.9. The van der Waals surface area contributed by atoms with Crippen LogP contribution in [-0.4, -0.2) is 28.9 Å². The summed E-state index contributed by atoms with van der Waals surface area (Å²) in [6.45, 7) is 6.93. The monoisotopic (exact) mass is 298 g/mol. The summed E-state index contributed by atoms with van der Waals surface area (Å²) >= 11 is 0. The van der Waals surface area contributed by atoms with Crippen LogP contribution in [0.2, 0.25) is 0 Å². The number of benzene rings is 1. The average molecular weight is 298 g/mol. The molecule has 2 aromatic rings. The van der Waals surface area contributed by atoms with Crippen molar-refractivity contribution in [3.8, 4) is 11.5 Å². The van der Waals surface area contributed by atoms with Crippen LogP contribution in [0.25, 0.3) is 0 Å². The van der Waals surface area contributed by atoms with E-state index in [2.05, 4.69) is 20.5 Å². The van der Waals surface area contributed by atoms with Gasteiger partial charge in [-0.15, -0.1) is 0 Å². The number of anilines is 1. The van der Waals surface area contributed by atoms with E-state index in [1.54, 1.807) is 0 Å². The first kappa shape index (κ1) is 14.3. The van der Waals surface area contributed by atoms with Crippen LogP contribution in [0, 0.1) is 13.8 Å². The molecule has 0 aliphatic carbocycles. The normalized spacial score (nSPS) is 13.9. The van der Waals surface area contributed by atoms with Gasteiger partial charge in [0.1, 0.15) is 13.2 Å². The van der Waals surface area contributed by atoms with Gasteiger partial charge in [-0.05, 0) is 45.0 Å². The van der Waals surface area contributed by atoms with Gasteiger partial charge in [-0.25, -0.2) is 15.4 Å². The highest BCUT2D eigenvalue weighted by atomic mass is 16.6. The van der Waals surface area contributed by atoms with Crippen molar-refractivity contribution in [2.75, 3.05) is 18.6 Å². The first-order valence-corrected chi connectivity index (χ1v) is 7.14. The third-order valence-corrected chi connectivity index (χ3v) is 3.27. The molecule has 22 heavy (non-hydrogen) atoms. The second kappa shape index (κ2) is 6.01. The molecule has 1 N–H and O–H groups in total. The zero-order chi connectivity index (χ0) is 15.5. The fourth-order valence-corrected chi connectivity index (χ4v) is 2.24. The summed E-state index contributed by atoms with van der Waals surface area (Å²) in [5, 5.41) is 4.34. The molecule has 114 valence electrons. The predicted molar refractivity (Wildman–Crippen MR) is 84.8 cm³/mol. The molecule has 0 bridgehead atoms. The number of hydrogen-bond donors (Lipinski definition) is 1. The van der Waals surface area contributed by atoms with E-state index in [-0.39, 0.29) is 0 Å². The third kappa shape index (κ3) is 3.16. The Morgan fingerprint density at radius 2 is 1.73 bits per heavy atom. The van der Waals surface area contributed by atoms with Gasteiger partial charge in [-0.1, -0.05) is 0 Å². The van der Waals surface area contributed by atoms with Crippen molar-refractivity contribution in [3.05, 3.63) is 41.2 Å². The van der Waals surface area contributed by atoms with E-state index in [1.165, 1.54) is 0 Å². The average Bonchev–Trinajstić information content (AvgIpc) is 2.51. The van der Waals surface area contributed by atoms with Crippen LogP contribution < -0.4 is 14.9 Å². The van der Waals surface area contributed by atoms with Crippen molar-refractivity contribution in [2.45, 2.75) is 20.8 Å². The summed E-state index contributed by atoms with van der Waals surface area (Å²) in [7, 11) is 0. The van der Waals surface area contributed by atoms with Gasteiger partial charge in [0.25, 0.3) is 0 Å². The number of nitrogens with zero attached hydrogens (tertiary/aromatic N) is 3. The van der Waals surface area contributed by atoms with E-state index in [0.29, 0.717) is 19.2 Å². The van der Waals surface area contributed by atoms with Crippen LogP contribution in [0.4, 0.5) is 5.95 Å². The molecule has 2 heterocycles. The summed E-state index contributed by atoms with van der Waals surface area (Å²) in [6, 6.07) is 7.70. The topological polar surface area (TPSA) is 68.6 Å². The molecule has 1 aliphatic heterocycles. The number of rotatable bonds is 3. The minimum absolute atomic E-state index is 0.495. The molecule has 1 aliphatic rings. The van der Waals surface area contributed by atoms with Gasteiger partial charge >= 0.3 is 0 Å². The molecule has 0 spiro atoms. The SMILES string of the molecule is C/C(=N/Nc1nc(C)cc(C)n1)c1ccc2c(c1)OCCO2. The molecule has 0 radical (unpaired) electrons. The van der Waals surface area contributed by atoms with E-state index in [0.717, 1.165) is 34.2 Å². The second-order valence-corrected chi connectivity index (χ2v) is 5.14. The van der Waals surface area contributed by atoms with Crippen LogP contribution in [0.5, 0.6) is 11.5 Å². The summed E-state index contributed by atoms with van der Waals surface area (Å²) in [5.74, 6) is 2.02. The number of aromatic nitrogens is 2.